The Balaban J connectivity index is 1.41. The number of imidazole rings is 1. The van der Waals surface area contributed by atoms with Gasteiger partial charge >= 0.3 is 0 Å². The molecule has 2 heterocycles. The van der Waals surface area contributed by atoms with E-state index in [1.165, 1.54) is 5.56 Å². The Morgan fingerprint density at radius 1 is 1.11 bits per heavy atom. The predicted octanol–water partition coefficient (Wildman–Crippen LogP) is 3.07. The molecule has 3 aromatic rings. The summed E-state index contributed by atoms with van der Waals surface area (Å²) in [4.78, 5) is 4.52. The molecule has 5 nitrogen and oxygen atoms in total. The lowest BCUT2D eigenvalue weighted by molar-refractivity contribution is 0.0880. The monoisotopic (exact) mass is 363 g/mol. The Hall–Kier alpha value is -2.63. The summed E-state index contributed by atoms with van der Waals surface area (Å²) in [6, 6.07) is 18.4. The van der Waals surface area contributed by atoms with E-state index >= 15 is 0 Å². The minimum Gasteiger partial charge on any atom is -0.493 e. The predicted molar refractivity (Wildman–Crippen MR) is 106 cm³/mol. The maximum Gasteiger partial charge on any atom is 0.140 e. The summed E-state index contributed by atoms with van der Waals surface area (Å²) in [5, 5.41) is 13.5. The van der Waals surface area contributed by atoms with Crippen LogP contribution in [0.4, 0.5) is 0 Å². The van der Waals surface area contributed by atoms with Gasteiger partial charge in [-0.05, 0) is 42.8 Å². The van der Waals surface area contributed by atoms with Gasteiger partial charge in [0.25, 0.3) is 0 Å². The third-order valence-corrected chi connectivity index (χ3v) is 5.06. The molecular formula is C22H25N3O2. The van der Waals surface area contributed by atoms with E-state index in [2.05, 4.69) is 27.0 Å². The molecule has 27 heavy (non-hydrogen) atoms. The average molecular weight is 363 g/mol. The fraction of sp³-hybridized carbons (Fsp3) is 0.318. The summed E-state index contributed by atoms with van der Waals surface area (Å²) in [6.45, 7) is 2.18. The molecule has 5 heteroatoms. The summed E-state index contributed by atoms with van der Waals surface area (Å²) in [5.41, 5.74) is 2.30. The van der Waals surface area contributed by atoms with Crippen molar-refractivity contribution in [2.45, 2.75) is 25.0 Å². The zero-order valence-electron chi connectivity index (χ0n) is 15.3. The molecule has 1 fully saturated rings. The van der Waals surface area contributed by atoms with Crippen molar-refractivity contribution < 1.29 is 9.84 Å². The second kappa shape index (κ2) is 8.37. The van der Waals surface area contributed by atoms with Gasteiger partial charge in [0.15, 0.2) is 0 Å². The van der Waals surface area contributed by atoms with Gasteiger partial charge in [-0.2, -0.15) is 0 Å². The van der Waals surface area contributed by atoms with Crippen LogP contribution in [0.1, 0.15) is 18.0 Å². The number of rotatable bonds is 6. The van der Waals surface area contributed by atoms with Gasteiger partial charge in [-0.3, -0.25) is 0 Å². The van der Waals surface area contributed by atoms with Crippen LogP contribution in [0, 0.1) is 0 Å². The molecule has 2 atom stereocenters. The van der Waals surface area contributed by atoms with Crippen LogP contribution in [0.5, 0.6) is 5.75 Å². The molecule has 1 saturated heterocycles. The van der Waals surface area contributed by atoms with Crippen molar-refractivity contribution in [1.29, 1.82) is 0 Å². The summed E-state index contributed by atoms with van der Waals surface area (Å²) in [5.74, 6) is 1.74. The number of aromatic nitrogens is 2. The van der Waals surface area contributed by atoms with E-state index < -0.39 is 6.10 Å². The van der Waals surface area contributed by atoms with Crippen LogP contribution in [-0.2, 0) is 6.42 Å². The highest BCUT2D eigenvalue weighted by Gasteiger charge is 2.26. The summed E-state index contributed by atoms with van der Waals surface area (Å²) in [6.07, 6.45) is 5.14. The molecule has 1 aliphatic rings. The number of nitrogens with one attached hydrogen (secondary N) is 1. The van der Waals surface area contributed by atoms with Gasteiger partial charge in [-0.25, -0.2) is 4.98 Å². The lowest BCUT2D eigenvalue weighted by Gasteiger charge is -2.30. The summed E-state index contributed by atoms with van der Waals surface area (Å²) < 4.78 is 7.96. The van der Waals surface area contributed by atoms with E-state index in [0.29, 0.717) is 13.2 Å². The molecule has 0 spiro atoms. The van der Waals surface area contributed by atoms with Crippen molar-refractivity contribution >= 4 is 0 Å². The smallest absolute Gasteiger partial charge is 0.140 e. The van der Waals surface area contributed by atoms with Gasteiger partial charge in [0, 0.05) is 30.9 Å². The second-order valence-corrected chi connectivity index (χ2v) is 6.89. The molecule has 0 saturated carbocycles. The number of ether oxygens (including phenoxy) is 1. The van der Waals surface area contributed by atoms with Crippen LogP contribution in [0.3, 0.4) is 0 Å². The van der Waals surface area contributed by atoms with Crippen LogP contribution in [0.2, 0.25) is 0 Å². The lowest BCUT2D eigenvalue weighted by atomic mass is 10.0. The Morgan fingerprint density at radius 3 is 2.70 bits per heavy atom. The molecule has 0 aliphatic carbocycles. The van der Waals surface area contributed by atoms with E-state index in [-0.39, 0.29) is 6.04 Å². The molecule has 2 N–H and O–H groups in total. The number of piperidine rings is 1. The third kappa shape index (κ3) is 4.21. The van der Waals surface area contributed by atoms with Gasteiger partial charge in [0.05, 0.1) is 18.8 Å². The molecule has 2 aromatic carbocycles. The highest BCUT2D eigenvalue weighted by atomic mass is 16.5. The normalized spacial score (nSPS) is 19.7. The standard InChI is InChI=1S/C22H25N3O2/c26-21-16-23-12-10-20(21)25-14-13-24-22(25)18-6-8-19(9-7-18)27-15-11-17-4-2-1-3-5-17/h1-9,13-14,20-21,23,26H,10-12,15-16H2/t20-,21-/m0/s1. The Bertz CT molecular complexity index is 846. The quantitative estimate of drug-likeness (QED) is 0.707. The molecular weight excluding hydrogens is 338 g/mol. The fourth-order valence-corrected chi connectivity index (χ4v) is 3.59. The van der Waals surface area contributed by atoms with Crippen LogP contribution < -0.4 is 10.1 Å². The van der Waals surface area contributed by atoms with Crippen molar-refractivity contribution in [3.05, 3.63) is 72.6 Å². The van der Waals surface area contributed by atoms with Crippen molar-refractivity contribution in [1.82, 2.24) is 14.9 Å². The first-order valence-electron chi connectivity index (χ1n) is 9.50. The molecule has 0 unspecified atom stereocenters. The Kier molecular flexibility index (Phi) is 5.51. The first kappa shape index (κ1) is 17.8. The largest absolute Gasteiger partial charge is 0.493 e. The van der Waals surface area contributed by atoms with Crippen molar-refractivity contribution in [2.24, 2.45) is 0 Å². The maximum atomic E-state index is 10.3. The molecule has 0 bridgehead atoms. The maximum absolute atomic E-state index is 10.3. The molecule has 1 aliphatic heterocycles. The van der Waals surface area contributed by atoms with Gasteiger partial charge in [0.1, 0.15) is 11.6 Å². The van der Waals surface area contributed by atoms with Crippen molar-refractivity contribution in [2.75, 3.05) is 19.7 Å². The van der Waals surface area contributed by atoms with Crippen LogP contribution >= 0.6 is 0 Å². The highest BCUT2D eigenvalue weighted by Crippen LogP contribution is 2.27. The number of benzene rings is 2. The number of aliphatic hydroxyl groups is 1. The first-order chi connectivity index (χ1) is 13.3. The number of β-amino-alcohol motifs (C(OH)–C–C–N with tert-alkyl or cyclic N) is 1. The van der Waals surface area contributed by atoms with E-state index in [4.69, 9.17) is 4.74 Å². The molecule has 1 aromatic heterocycles. The zero-order chi connectivity index (χ0) is 18.5. The van der Waals surface area contributed by atoms with E-state index in [9.17, 15) is 5.11 Å². The number of aliphatic hydroxyl groups excluding tert-OH is 1. The van der Waals surface area contributed by atoms with Crippen molar-refractivity contribution in [3.63, 3.8) is 0 Å². The molecule has 0 radical (unpaired) electrons. The van der Waals surface area contributed by atoms with Gasteiger partial charge in [-0.1, -0.05) is 30.3 Å². The van der Waals surface area contributed by atoms with E-state index in [1.807, 2.05) is 48.7 Å². The molecule has 140 valence electrons. The first-order valence-corrected chi connectivity index (χ1v) is 9.50. The fourth-order valence-electron chi connectivity index (χ4n) is 3.59. The molecule has 0 amide bonds. The van der Waals surface area contributed by atoms with Crippen LogP contribution in [0.15, 0.2) is 67.0 Å². The second-order valence-electron chi connectivity index (χ2n) is 6.89. The number of nitrogens with zero attached hydrogens (tertiary/aromatic N) is 2. The minimum atomic E-state index is -0.396. The van der Waals surface area contributed by atoms with E-state index in [1.54, 1.807) is 6.20 Å². The van der Waals surface area contributed by atoms with Crippen molar-refractivity contribution in [3.8, 4) is 17.1 Å². The Labute approximate surface area is 159 Å². The van der Waals surface area contributed by atoms with E-state index in [0.717, 1.165) is 36.5 Å². The zero-order valence-corrected chi connectivity index (χ0v) is 15.3. The number of hydrogen-bond acceptors (Lipinski definition) is 4. The minimum absolute atomic E-state index is 0.0607. The van der Waals surface area contributed by atoms with Gasteiger partial charge in [-0.15, -0.1) is 0 Å². The number of hydrogen-bond donors (Lipinski definition) is 2. The van der Waals surface area contributed by atoms with Gasteiger partial charge in [0.2, 0.25) is 0 Å². The summed E-state index contributed by atoms with van der Waals surface area (Å²) in [7, 11) is 0. The Morgan fingerprint density at radius 2 is 1.93 bits per heavy atom. The van der Waals surface area contributed by atoms with Crippen LogP contribution in [0.25, 0.3) is 11.4 Å². The van der Waals surface area contributed by atoms with Gasteiger partial charge < -0.3 is 19.7 Å². The highest BCUT2D eigenvalue weighted by molar-refractivity contribution is 5.57. The van der Waals surface area contributed by atoms with Crippen LogP contribution in [-0.4, -0.2) is 40.5 Å². The molecule has 4 rings (SSSR count). The lowest BCUT2D eigenvalue weighted by Crippen LogP contribution is -2.41. The summed E-state index contributed by atoms with van der Waals surface area (Å²) >= 11 is 0. The SMILES string of the molecule is O[C@H]1CNCC[C@@H]1n1ccnc1-c1ccc(OCCc2ccccc2)cc1. The average Bonchev–Trinajstić information content (AvgIpc) is 3.19. The third-order valence-electron chi connectivity index (χ3n) is 5.06. The topological polar surface area (TPSA) is 59.3 Å².